The summed E-state index contributed by atoms with van der Waals surface area (Å²) in [6, 6.07) is 9.70. The monoisotopic (exact) mass is 418 g/mol. The van der Waals surface area contributed by atoms with Gasteiger partial charge in [-0.1, -0.05) is 23.8 Å². The Labute approximate surface area is 162 Å². The third-order valence-corrected chi connectivity index (χ3v) is 4.38. The molecule has 0 radical (unpaired) electrons. The number of rotatable bonds is 7. The molecule has 0 aromatic heterocycles. The summed E-state index contributed by atoms with van der Waals surface area (Å²) in [6.45, 7) is 6.46. The second kappa shape index (κ2) is 9.38. The van der Waals surface area contributed by atoms with Gasteiger partial charge >= 0.3 is 0 Å². The summed E-state index contributed by atoms with van der Waals surface area (Å²) in [7, 11) is 1.59. The highest BCUT2D eigenvalue weighted by Gasteiger charge is 2.10. The molecule has 0 heterocycles. The molecule has 5 nitrogen and oxygen atoms in total. The van der Waals surface area contributed by atoms with Crippen LogP contribution in [0.5, 0.6) is 11.5 Å². The van der Waals surface area contributed by atoms with Crippen LogP contribution < -0.4 is 14.9 Å². The Hall–Kier alpha value is -2.34. The van der Waals surface area contributed by atoms with Gasteiger partial charge in [-0.05, 0) is 65.5 Å². The Kier molecular flexibility index (Phi) is 7.21. The molecular formula is C20H23BrN2O3. The van der Waals surface area contributed by atoms with Crippen molar-refractivity contribution >= 4 is 28.1 Å². The highest BCUT2D eigenvalue weighted by molar-refractivity contribution is 9.10. The largest absolute Gasteiger partial charge is 0.492 e. The minimum Gasteiger partial charge on any atom is -0.492 e. The quantitative estimate of drug-likeness (QED) is 0.542. The van der Waals surface area contributed by atoms with Crippen LogP contribution in [0.4, 0.5) is 0 Å². The maximum absolute atomic E-state index is 12.1. The summed E-state index contributed by atoms with van der Waals surface area (Å²) < 4.78 is 11.7. The van der Waals surface area contributed by atoms with Gasteiger partial charge in [-0.15, -0.1) is 0 Å². The molecular weight excluding hydrogens is 396 g/mol. The molecule has 0 fully saturated rings. The number of halogens is 1. The Morgan fingerprint density at radius 1 is 1.27 bits per heavy atom. The van der Waals surface area contributed by atoms with Gasteiger partial charge in [0.1, 0.15) is 0 Å². The van der Waals surface area contributed by atoms with Crippen LogP contribution in [0.2, 0.25) is 0 Å². The Morgan fingerprint density at radius 2 is 2.04 bits per heavy atom. The lowest BCUT2D eigenvalue weighted by molar-refractivity contribution is -0.120. The van der Waals surface area contributed by atoms with E-state index in [4.69, 9.17) is 9.47 Å². The topological polar surface area (TPSA) is 59.9 Å². The van der Waals surface area contributed by atoms with E-state index < -0.39 is 0 Å². The first-order valence-electron chi connectivity index (χ1n) is 8.33. The predicted octanol–water partition coefficient (Wildman–Crippen LogP) is 4.17. The first kappa shape index (κ1) is 20.0. The minimum atomic E-state index is -0.161. The Balaban J connectivity index is 2.04. The van der Waals surface area contributed by atoms with Gasteiger partial charge in [0.05, 0.1) is 30.8 Å². The average molecular weight is 419 g/mol. The van der Waals surface area contributed by atoms with Crippen molar-refractivity contribution in [1.82, 2.24) is 5.43 Å². The minimum absolute atomic E-state index is 0.161. The molecule has 2 aromatic rings. The number of hydrazone groups is 1. The zero-order valence-corrected chi connectivity index (χ0v) is 17.0. The molecule has 0 saturated carbocycles. The number of nitrogens with zero attached hydrogens (tertiary/aromatic N) is 1. The number of amides is 1. The van der Waals surface area contributed by atoms with Gasteiger partial charge in [-0.3, -0.25) is 4.79 Å². The molecule has 0 aliphatic rings. The highest BCUT2D eigenvalue weighted by atomic mass is 79.9. The van der Waals surface area contributed by atoms with Crippen LogP contribution in [0.25, 0.3) is 0 Å². The van der Waals surface area contributed by atoms with Crippen LogP contribution in [0.15, 0.2) is 39.9 Å². The van der Waals surface area contributed by atoms with Crippen molar-refractivity contribution in [2.24, 2.45) is 5.10 Å². The van der Waals surface area contributed by atoms with Gasteiger partial charge in [0.2, 0.25) is 5.91 Å². The number of ether oxygens (including phenoxy) is 2. The van der Waals surface area contributed by atoms with Crippen LogP contribution in [0, 0.1) is 13.8 Å². The van der Waals surface area contributed by atoms with E-state index in [2.05, 4.69) is 32.5 Å². The second-order valence-corrected chi connectivity index (χ2v) is 6.72. The fourth-order valence-corrected chi connectivity index (χ4v) is 3.18. The van der Waals surface area contributed by atoms with Gasteiger partial charge < -0.3 is 9.47 Å². The third-order valence-electron chi connectivity index (χ3n) is 3.79. The van der Waals surface area contributed by atoms with Crippen molar-refractivity contribution in [2.45, 2.75) is 27.2 Å². The molecule has 0 spiro atoms. The van der Waals surface area contributed by atoms with Gasteiger partial charge in [0, 0.05) is 0 Å². The van der Waals surface area contributed by atoms with E-state index in [-0.39, 0.29) is 5.91 Å². The fourth-order valence-electron chi connectivity index (χ4n) is 2.56. The summed E-state index contributed by atoms with van der Waals surface area (Å²) in [5.74, 6) is 1.08. The molecule has 1 N–H and O–H groups in total. The first-order chi connectivity index (χ1) is 12.4. The molecule has 0 atom stereocenters. The molecule has 0 aliphatic heterocycles. The number of methoxy groups -OCH3 is 1. The normalized spacial score (nSPS) is 10.8. The molecule has 0 unspecified atom stereocenters. The third kappa shape index (κ3) is 5.33. The van der Waals surface area contributed by atoms with E-state index in [1.54, 1.807) is 13.3 Å². The molecule has 0 aliphatic carbocycles. The Bertz CT molecular complexity index is 819. The van der Waals surface area contributed by atoms with Crippen LogP contribution >= 0.6 is 15.9 Å². The van der Waals surface area contributed by atoms with Crippen molar-refractivity contribution in [2.75, 3.05) is 13.7 Å². The van der Waals surface area contributed by atoms with Crippen LogP contribution in [0.1, 0.15) is 29.2 Å². The van der Waals surface area contributed by atoms with Crippen molar-refractivity contribution in [1.29, 1.82) is 0 Å². The number of hydrogen-bond donors (Lipinski definition) is 1. The number of carbonyl (C=O) groups excluding carboxylic acids is 1. The average Bonchev–Trinajstić information content (AvgIpc) is 2.58. The molecule has 1 amide bonds. The lowest BCUT2D eigenvalue weighted by Gasteiger charge is -2.11. The standard InChI is InChI=1S/C20H23BrN2O3/c1-5-26-18-10-15(9-17(21)20(18)25-4)12-22-23-19(24)11-16-7-6-13(2)8-14(16)3/h6-10,12H,5,11H2,1-4H3,(H,23,24)/b22-12+. The first-order valence-corrected chi connectivity index (χ1v) is 9.12. The molecule has 6 heteroatoms. The summed E-state index contributed by atoms with van der Waals surface area (Å²) in [5.41, 5.74) is 6.63. The van der Waals surface area contributed by atoms with E-state index in [1.807, 2.05) is 45.0 Å². The van der Waals surface area contributed by atoms with E-state index in [1.165, 1.54) is 5.56 Å². The zero-order chi connectivity index (χ0) is 19.1. The molecule has 0 saturated heterocycles. The molecule has 26 heavy (non-hydrogen) atoms. The zero-order valence-electron chi connectivity index (χ0n) is 15.4. The SMILES string of the molecule is CCOc1cc(/C=N/NC(=O)Cc2ccc(C)cc2C)cc(Br)c1OC. The summed E-state index contributed by atoms with van der Waals surface area (Å²) >= 11 is 3.45. The van der Waals surface area contributed by atoms with Crippen LogP contribution in [-0.4, -0.2) is 25.8 Å². The van der Waals surface area contributed by atoms with Gasteiger partial charge in [0.15, 0.2) is 11.5 Å². The Morgan fingerprint density at radius 3 is 2.69 bits per heavy atom. The fraction of sp³-hybridized carbons (Fsp3) is 0.300. The maximum atomic E-state index is 12.1. The van der Waals surface area contributed by atoms with E-state index in [0.29, 0.717) is 24.5 Å². The van der Waals surface area contributed by atoms with Crippen molar-refractivity contribution in [3.05, 3.63) is 57.1 Å². The van der Waals surface area contributed by atoms with Crippen LogP contribution in [0.3, 0.4) is 0 Å². The van der Waals surface area contributed by atoms with Crippen molar-refractivity contribution in [3.8, 4) is 11.5 Å². The second-order valence-electron chi connectivity index (χ2n) is 5.87. The van der Waals surface area contributed by atoms with Gasteiger partial charge in [0.25, 0.3) is 0 Å². The lowest BCUT2D eigenvalue weighted by atomic mass is 10.0. The summed E-state index contributed by atoms with van der Waals surface area (Å²) in [6.07, 6.45) is 1.87. The van der Waals surface area contributed by atoms with Gasteiger partial charge in [-0.2, -0.15) is 5.10 Å². The number of benzene rings is 2. The van der Waals surface area contributed by atoms with Gasteiger partial charge in [-0.25, -0.2) is 5.43 Å². The van der Waals surface area contributed by atoms with Crippen molar-refractivity contribution in [3.63, 3.8) is 0 Å². The molecule has 138 valence electrons. The molecule has 2 rings (SSSR count). The number of hydrogen-bond acceptors (Lipinski definition) is 4. The predicted molar refractivity (Wildman–Crippen MR) is 107 cm³/mol. The maximum Gasteiger partial charge on any atom is 0.244 e. The van der Waals surface area contributed by atoms with Crippen LogP contribution in [-0.2, 0) is 11.2 Å². The number of carbonyl (C=O) groups is 1. The molecule has 0 bridgehead atoms. The number of nitrogens with one attached hydrogen (secondary N) is 1. The lowest BCUT2D eigenvalue weighted by Crippen LogP contribution is -2.20. The smallest absolute Gasteiger partial charge is 0.244 e. The van der Waals surface area contributed by atoms with E-state index in [0.717, 1.165) is 21.2 Å². The van der Waals surface area contributed by atoms with Crippen molar-refractivity contribution < 1.29 is 14.3 Å². The highest BCUT2D eigenvalue weighted by Crippen LogP contribution is 2.36. The van der Waals surface area contributed by atoms with E-state index >= 15 is 0 Å². The van der Waals surface area contributed by atoms with E-state index in [9.17, 15) is 4.79 Å². The summed E-state index contributed by atoms with van der Waals surface area (Å²) in [5, 5.41) is 4.04. The summed E-state index contributed by atoms with van der Waals surface area (Å²) in [4.78, 5) is 12.1. The number of aryl methyl sites for hydroxylation is 2. The molecule has 2 aromatic carbocycles.